The van der Waals surface area contributed by atoms with E-state index in [0.717, 1.165) is 25.7 Å². The lowest BCUT2D eigenvalue weighted by Crippen LogP contribution is -2.35. The Bertz CT molecular complexity index is 308. The summed E-state index contributed by atoms with van der Waals surface area (Å²) in [6, 6.07) is 0. The number of imide groups is 1. The van der Waals surface area contributed by atoms with Crippen LogP contribution in [0.2, 0.25) is 0 Å². The van der Waals surface area contributed by atoms with Crippen molar-refractivity contribution in [2.24, 2.45) is 11.8 Å². The third-order valence-corrected chi connectivity index (χ3v) is 3.59. The van der Waals surface area contributed by atoms with Gasteiger partial charge in [0.1, 0.15) is 0 Å². The van der Waals surface area contributed by atoms with Gasteiger partial charge in [0, 0.05) is 13.0 Å². The minimum absolute atomic E-state index is 0.0159. The first-order valence-electron chi connectivity index (χ1n) is 6.44. The maximum atomic E-state index is 11.5. The average molecular weight is 255 g/mol. The van der Waals surface area contributed by atoms with Gasteiger partial charge in [0.15, 0.2) is 0 Å². The van der Waals surface area contributed by atoms with Crippen molar-refractivity contribution in [1.29, 1.82) is 0 Å². The van der Waals surface area contributed by atoms with Crippen LogP contribution >= 0.6 is 0 Å². The number of carbonyl (C=O) groups is 3. The molecule has 1 rings (SSSR count). The van der Waals surface area contributed by atoms with Gasteiger partial charge in [-0.2, -0.15) is 0 Å². The Hall–Kier alpha value is -1.39. The van der Waals surface area contributed by atoms with E-state index in [1.165, 1.54) is 12.0 Å². The summed E-state index contributed by atoms with van der Waals surface area (Å²) in [5, 5.41) is 0. The lowest BCUT2D eigenvalue weighted by Gasteiger charge is -2.29. The molecule has 0 aromatic carbocycles. The molecule has 1 fully saturated rings. The van der Waals surface area contributed by atoms with Crippen LogP contribution in [0.1, 0.15) is 39.0 Å². The van der Waals surface area contributed by atoms with E-state index < -0.39 is 0 Å². The summed E-state index contributed by atoms with van der Waals surface area (Å²) < 4.78 is 4.72. The van der Waals surface area contributed by atoms with Crippen LogP contribution in [0.3, 0.4) is 0 Å². The van der Waals surface area contributed by atoms with Crippen molar-refractivity contribution < 1.29 is 19.1 Å². The molecule has 0 heterocycles. The van der Waals surface area contributed by atoms with Crippen LogP contribution in [0.4, 0.5) is 0 Å². The summed E-state index contributed by atoms with van der Waals surface area (Å²) in [5.41, 5.74) is 0. The van der Waals surface area contributed by atoms with E-state index >= 15 is 0 Å². The van der Waals surface area contributed by atoms with Crippen LogP contribution < -0.4 is 0 Å². The Morgan fingerprint density at radius 3 is 2.33 bits per heavy atom. The molecule has 5 nitrogen and oxygen atoms in total. The van der Waals surface area contributed by atoms with Gasteiger partial charge in [-0.05, 0) is 31.6 Å². The van der Waals surface area contributed by atoms with Crippen LogP contribution in [-0.4, -0.2) is 36.8 Å². The van der Waals surface area contributed by atoms with Crippen LogP contribution in [0.5, 0.6) is 0 Å². The predicted molar refractivity (Wildman–Crippen MR) is 65.5 cm³/mol. The van der Waals surface area contributed by atoms with E-state index in [2.05, 4.69) is 0 Å². The first-order chi connectivity index (χ1) is 8.62. The van der Waals surface area contributed by atoms with E-state index in [0.29, 0.717) is 25.3 Å². The van der Waals surface area contributed by atoms with E-state index in [4.69, 9.17) is 4.74 Å². The van der Waals surface area contributed by atoms with E-state index in [1.54, 1.807) is 6.92 Å². The molecule has 18 heavy (non-hydrogen) atoms. The van der Waals surface area contributed by atoms with Crippen LogP contribution in [0.15, 0.2) is 0 Å². The van der Waals surface area contributed by atoms with Gasteiger partial charge in [0.25, 0.3) is 0 Å². The zero-order chi connectivity index (χ0) is 13.5. The fraction of sp³-hybridized carbons (Fsp3) is 0.769. The molecule has 2 amide bonds. The van der Waals surface area contributed by atoms with Gasteiger partial charge >= 0.3 is 5.97 Å². The van der Waals surface area contributed by atoms with Crippen molar-refractivity contribution in [3.8, 4) is 0 Å². The fourth-order valence-electron chi connectivity index (χ4n) is 2.43. The van der Waals surface area contributed by atoms with Crippen molar-refractivity contribution in [1.82, 2.24) is 4.90 Å². The lowest BCUT2D eigenvalue weighted by atomic mass is 9.82. The molecule has 0 aromatic rings. The Balaban J connectivity index is 2.41. The SMILES string of the molecule is CCC(=O)N(C=O)CC1CCC(C(=O)OC)CC1. The molecule has 0 atom stereocenters. The third kappa shape index (κ3) is 3.82. The maximum Gasteiger partial charge on any atom is 0.308 e. The number of hydrogen-bond acceptors (Lipinski definition) is 4. The van der Waals surface area contributed by atoms with Gasteiger partial charge in [-0.25, -0.2) is 0 Å². The fourth-order valence-corrected chi connectivity index (χ4v) is 2.43. The molecular weight excluding hydrogens is 234 g/mol. The highest BCUT2D eigenvalue weighted by molar-refractivity contribution is 5.85. The van der Waals surface area contributed by atoms with E-state index in [-0.39, 0.29) is 17.8 Å². The molecule has 0 aromatic heterocycles. The molecule has 0 unspecified atom stereocenters. The second-order valence-electron chi connectivity index (χ2n) is 4.75. The minimum Gasteiger partial charge on any atom is -0.469 e. The molecule has 102 valence electrons. The molecule has 0 radical (unpaired) electrons. The number of esters is 1. The van der Waals surface area contributed by atoms with Crippen LogP contribution in [-0.2, 0) is 19.1 Å². The number of amides is 2. The molecule has 1 saturated carbocycles. The number of hydrogen-bond donors (Lipinski definition) is 0. The monoisotopic (exact) mass is 255 g/mol. The average Bonchev–Trinajstić information content (AvgIpc) is 2.43. The van der Waals surface area contributed by atoms with Crippen LogP contribution in [0, 0.1) is 11.8 Å². The number of ether oxygens (including phenoxy) is 1. The minimum atomic E-state index is -0.148. The number of carbonyl (C=O) groups excluding carboxylic acids is 3. The highest BCUT2D eigenvalue weighted by Crippen LogP contribution is 2.29. The first kappa shape index (κ1) is 14.7. The van der Waals surface area contributed by atoms with E-state index in [1.807, 2.05) is 0 Å². The molecule has 1 aliphatic carbocycles. The summed E-state index contributed by atoms with van der Waals surface area (Å²) >= 11 is 0. The molecule has 0 aliphatic heterocycles. The van der Waals surface area contributed by atoms with Gasteiger partial charge < -0.3 is 4.74 Å². The quantitative estimate of drug-likeness (QED) is 0.549. The van der Waals surface area contributed by atoms with Crippen molar-refractivity contribution in [3.63, 3.8) is 0 Å². The summed E-state index contributed by atoms with van der Waals surface area (Å²) in [6.45, 7) is 2.22. The highest BCUT2D eigenvalue weighted by Gasteiger charge is 2.28. The molecule has 1 aliphatic rings. The van der Waals surface area contributed by atoms with E-state index in [9.17, 15) is 14.4 Å². The smallest absolute Gasteiger partial charge is 0.308 e. The van der Waals surface area contributed by atoms with Gasteiger partial charge in [-0.15, -0.1) is 0 Å². The van der Waals surface area contributed by atoms with Crippen molar-refractivity contribution in [3.05, 3.63) is 0 Å². The van der Waals surface area contributed by atoms with Crippen molar-refractivity contribution >= 4 is 18.3 Å². The lowest BCUT2D eigenvalue weighted by molar-refractivity contribution is -0.147. The standard InChI is InChI=1S/C13H21NO4/c1-3-12(16)14(9-15)8-10-4-6-11(7-5-10)13(17)18-2/h9-11H,3-8H2,1-2H3. The van der Waals surface area contributed by atoms with Gasteiger partial charge in [0.2, 0.25) is 12.3 Å². The molecule has 0 saturated heterocycles. The summed E-state index contributed by atoms with van der Waals surface area (Å²) in [4.78, 5) is 34.9. The second-order valence-corrected chi connectivity index (χ2v) is 4.75. The predicted octanol–water partition coefficient (Wildman–Crippen LogP) is 1.36. The van der Waals surface area contributed by atoms with Crippen LogP contribution in [0.25, 0.3) is 0 Å². The first-order valence-corrected chi connectivity index (χ1v) is 6.44. The molecule has 0 N–H and O–H groups in total. The maximum absolute atomic E-state index is 11.5. The number of methoxy groups -OCH3 is 1. The summed E-state index contributed by atoms with van der Waals surface area (Å²) in [5.74, 6) is 0.00910. The Morgan fingerprint density at radius 1 is 1.28 bits per heavy atom. The molecule has 5 heteroatoms. The van der Waals surface area contributed by atoms with Crippen molar-refractivity contribution in [2.75, 3.05) is 13.7 Å². The van der Waals surface area contributed by atoms with Gasteiger partial charge in [0.05, 0.1) is 13.0 Å². The molecule has 0 bridgehead atoms. The van der Waals surface area contributed by atoms with Gasteiger partial charge in [-0.1, -0.05) is 6.92 Å². The Kier molecular flexibility index (Phi) is 5.82. The highest BCUT2D eigenvalue weighted by atomic mass is 16.5. The summed E-state index contributed by atoms with van der Waals surface area (Å²) in [7, 11) is 1.41. The number of nitrogens with zero attached hydrogens (tertiary/aromatic N) is 1. The molecular formula is C13H21NO4. The Morgan fingerprint density at radius 2 is 1.89 bits per heavy atom. The van der Waals surface area contributed by atoms with Gasteiger partial charge in [-0.3, -0.25) is 19.3 Å². The second kappa shape index (κ2) is 7.13. The topological polar surface area (TPSA) is 63.7 Å². The number of rotatable bonds is 5. The zero-order valence-corrected chi connectivity index (χ0v) is 11.1. The third-order valence-electron chi connectivity index (χ3n) is 3.59. The van der Waals surface area contributed by atoms with Crippen molar-refractivity contribution in [2.45, 2.75) is 39.0 Å². The Labute approximate surface area is 107 Å². The largest absolute Gasteiger partial charge is 0.469 e. The summed E-state index contributed by atoms with van der Waals surface area (Å²) in [6.07, 6.45) is 4.24. The molecule has 0 spiro atoms. The zero-order valence-electron chi connectivity index (χ0n) is 11.1. The normalized spacial score (nSPS) is 23.2.